The van der Waals surface area contributed by atoms with Gasteiger partial charge in [0.25, 0.3) is 0 Å². The van der Waals surface area contributed by atoms with Crippen molar-refractivity contribution in [2.45, 2.75) is 6.92 Å². The lowest BCUT2D eigenvalue weighted by molar-refractivity contribution is 0.0702. The molecule has 0 saturated carbocycles. The van der Waals surface area contributed by atoms with Crippen LogP contribution in [-0.2, 0) is 0 Å². The number of carboxylic acids is 1. The molecule has 1 aromatic heterocycles. The fourth-order valence-corrected chi connectivity index (χ4v) is 2.22. The Morgan fingerprint density at radius 3 is 2.26 bits per heavy atom. The molecule has 0 aliphatic heterocycles. The van der Waals surface area contributed by atoms with Crippen LogP contribution < -0.4 is 5.73 Å². The molecule has 100 valence electrons. The molecule has 0 radical (unpaired) electrons. The molecule has 0 bridgehead atoms. The predicted octanol–water partition coefficient (Wildman–Crippen LogP) is 3.19. The van der Waals surface area contributed by atoms with E-state index in [4.69, 9.17) is 22.4 Å². The van der Waals surface area contributed by atoms with Crippen LogP contribution >= 0.6 is 22.9 Å². The van der Waals surface area contributed by atoms with Gasteiger partial charge in [-0.3, -0.25) is 4.79 Å². The third-order valence-electron chi connectivity index (χ3n) is 2.20. The van der Waals surface area contributed by atoms with Crippen LogP contribution in [-0.4, -0.2) is 17.0 Å². The highest BCUT2D eigenvalue weighted by molar-refractivity contribution is 7.11. The zero-order valence-corrected chi connectivity index (χ0v) is 11.7. The van der Waals surface area contributed by atoms with Crippen molar-refractivity contribution >= 4 is 34.8 Å². The number of hydrogen-bond acceptors (Lipinski definition) is 3. The molecule has 3 N–H and O–H groups in total. The smallest absolute Gasteiger partial charge is 0.345 e. The van der Waals surface area contributed by atoms with Crippen molar-refractivity contribution in [1.82, 2.24) is 0 Å². The molecule has 1 aromatic carbocycles. The second-order valence-corrected chi connectivity index (χ2v) is 4.93. The number of rotatable bonds is 2. The van der Waals surface area contributed by atoms with Gasteiger partial charge in [-0.2, -0.15) is 0 Å². The van der Waals surface area contributed by atoms with E-state index in [9.17, 15) is 9.59 Å². The van der Waals surface area contributed by atoms with Gasteiger partial charge in [0.05, 0.1) is 10.6 Å². The number of aryl methyl sites for hydroxylation is 1. The molecule has 0 spiro atoms. The van der Waals surface area contributed by atoms with E-state index in [1.54, 1.807) is 42.6 Å². The Labute approximate surface area is 119 Å². The molecule has 19 heavy (non-hydrogen) atoms. The Hall–Kier alpha value is -1.85. The summed E-state index contributed by atoms with van der Waals surface area (Å²) in [6.45, 7) is 1.80. The first-order valence-electron chi connectivity index (χ1n) is 5.25. The highest BCUT2D eigenvalue weighted by atomic mass is 35.5. The lowest BCUT2D eigenvalue weighted by atomic mass is 10.1. The molecule has 0 aliphatic carbocycles. The van der Waals surface area contributed by atoms with Crippen molar-refractivity contribution < 1.29 is 14.7 Å². The van der Waals surface area contributed by atoms with E-state index in [-0.39, 0.29) is 0 Å². The first kappa shape index (κ1) is 15.2. The van der Waals surface area contributed by atoms with E-state index in [0.29, 0.717) is 15.5 Å². The second kappa shape index (κ2) is 6.92. The van der Waals surface area contributed by atoms with Gasteiger partial charge in [0, 0.05) is 0 Å². The third-order valence-corrected chi connectivity index (χ3v) is 3.37. The summed E-state index contributed by atoms with van der Waals surface area (Å²) in [5, 5.41) is 10.4. The van der Waals surface area contributed by atoms with Gasteiger partial charge >= 0.3 is 5.97 Å². The Morgan fingerprint density at radius 1 is 1.26 bits per heavy atom. The first-order valence-corrected chi connectivity index (χ1v) is 6.51. The summed E-state index contributed by atoms with van der Waals surface area (Å²) < 4.78 is 0. The van der Waals surface area contributed by atoms with E-state index in [0.717, 1.165) is 5.56 Å². The molecule has 0 atom stereocenters. The number of nitrogens with two attached hydrogens (primary N) is 1. The quantitative estimate of drug-likeness (QED) is 0.893. The number of aromatic carboxylic acids is 1. The van der Waals surface area contributed by atoms with Crippen LogP contribution in [0.25, 0.3) is 0 Å². The Balaban J connectivity index is 0.000000200. The van der Waals surface area contributed by atoms with Crippen LogP contribution in [0.2, 0.25) is 5.02 Å². The number of benzene rings is 1. The monoisotopic (exact) mass is 297 g/mol. The minimum Gasteiger partial charge on any atom is -0.477 e. The van der Waals surface area contributed by atoms with Crippen LogP contribution in [0.15, 0.2) is 35.7 Å². The number of carbonyl (C=O) groups excluding carboxylic acids is 1. The first-order chi connectivity index (χ1) is 8.93. The van der Waals surface area contributed by atoms with E-state index in [1.807, 2.05) is 0 Å². The number of carboxylic acid groups (broad SMARTS) is 1. The number of thiophene rings is 1. The molecular weight excluding hydrogens is 286 g/mol. The van der Waals surface area contributed by atoms with Crippen molar-refractivity contribution in [3.63, 3.8) is 0 Å². The summed E-state index contributed by atoms with van der Waals surface area (Å²) in [6, 6.07) is 8.52. The number of amides is 1. The van der Waals surface area contributed by atoms with Crippen LogP contribution in [0.3, 0.4) is 0 Å². The van der Waals surface area contributed by atoms with Gasteiger partial charge in [-0.1, -0.05) is 29.8 Å². The molecule has 2 rings (SSSR count). The summed E-state index contributed by atoms with van der Waals surface area (Å²) >= 11 is 6.96. The standard InChI is InChI=1S/C8H8ClNO.C5H4O2S/c1-5-3-2-4-6(9)7(5)8(10)11;6-5(7)4-2-1-3-8-4/h2-4H,1H3,(H2,10,11);1-3H,(H,6,7). The van der Waals surface area contributed by atoms with Gasteiger partial charge in [0.15, 0.2) is 0 Å². The Kier molecular flexibility index (Phi) is 5.54. The zero-order chi connectivity index (χ0) is 14.4. The van der Waals surface area contributed by atoms with E-state index in [2.05, 4.69) is 0 Å². The molecular formula is C13H12ClNO3S. The minimum absolute atomic E-state index is 0.394. The molecule has 2 aromatic rings. The molecule has 4 nitrogen and oxygen atoms in total. The molecule has 0 saturated heterocycles. The highest BCUT2D eigenvalue weighted by Crippen LogP contribution is 2.18. The van der Waals surface area contributed by atoms with Crippen LogP contribution in [0.4, 0.5) is 0 Å². The van der Waals surface area contributed by atoms with Gasteiger partial charge in [-0.05, 0) is 30.0 Å². The number of primary amides is 1. The molecule has 0 fully saturated rings. The lowest BCUT2D eigenvalue weighted by Gasteiger charge is -2.01. The molecule has 6 heteroatoms. The predicted molar refractivity (Wildman–Crippen MR) is 76.0 cm³/mol. The minimum atomic E-state index is -0.847. The molecule has 1 amide bonds. The molecule has 0 aliphatic rings. The van der Waals surface area contributed by atoms with Crippen LogP contribution in [0.1, 0.15) is 25.6 Å². The van der Waals surface area contributed by atoms with Gasteiger partial charge in [-0.25, -0.2) is 4.79 Å². The number of hydrogen-bond donors (Lipinski definition) is 2. The van der Waals surface area contributed by atoms with E-state index >= 15 is 0 Å². The number of halogens is 1. The summed E-state index contributed by atoms with van der Waals surface area (Å²) in [6.07, 6.45) is 0. The van der Waals surface area contributed by atoms with Gasteiger partial charge in [-0.15, -0.1) is 11.3 Å². The Morgan fingerprint density at radius 2 is 1.95 bits per heavy atom. The van der Waals surface area contributed by atoms with Gasteiger partial charge in [0.2, 0.25) is 5.91 Å². The summed E-state index contributed by atoms with van der Waals surface area (Å²) in [7, 11) is 0. The van der Waals surface area contributed by atoms with Crippen molar-refractivity contribution in [3.05, 3.63) is 56.7 Å². The average Bonchev–Trinajstić information content (AvgIpc) is 2.82. The molecule has 1 heterocycles. The van der Waals surface area contributed by atoms with Crippen molar-refractivity contribution in [2.75, 3.05) is 0 Å². The SMILES string of the molecule is Cc1cccc(Cl)c1C(N)=O.O=C(O)c1cccs1. The van der Waals surface area contributed by atoms with E-state index < -0.39 is 11.9 Å². The van der Waals surface area contributed by atoms with Crippen molar-refractivity contribution in [3.8, 4) is 0 Å². The maximum Gasteiger partial charge on any atom is 0.345 e. The summed E-state index contributed by atoms with van der Waals surface area (Å²) in [4.78, 5) is 21.2. The maximum absolute atomic E-state index is 10.8. The van der Waals surface area contributed by atoms with Crippen molar-refractivity contribution in [1.29, 1.82) is 0 Å². The topological polar surface area (TPSA) is 80.4 Å². The fourth-order valence-electron chi connectivity index (χ4n) is 1.34. The highest BCUT2D eigenvalue weighted by Gasteiger charge is 2.07. The summed E-state index contributed by atoms with van der Waals surface area (Å²) in [5.74, 6) is -1.33. The third kappa shape index (κ3) is 4.39. The normalized spacial score (nSPS) is 9.37. The van der Waals surface area contributed by atoms with Gasteiger partial charge in [0.1, 0.15) is 4.88 Å². The average molecular weight is 298 g/mol. The van der Waals surface area contributed by atoms with Crippen molar-refractivity contribution in [2.24, 2.45) is 5.73 Å². The summed E-state index contributed by atoms with van der Waals surface area (Å²) in [5.41, 5.74) is 6.31. The second-order valence-electron chi connectivity index (χ2n) is 3.58. The van der Waals surface area contributed by atoms with E-state index in [1.165, 1.54) is 11.3 Å². The fraction of sp³-hybridized carbons (Fsp3) is 0.0769. The molecule has 0 unspecified atom stereocenters. The van der Waals surface area contributed by atoms with Crippen LogP contribution in [0, 0.1) is 6.92 Å². The Bertz CT molecular complexity index is 561. The maximum atomic E-state index is 10.8. The largest absolute Gasteiger partial charge is 0.477 e. The zero-order valence-electron chi connectivity index (χ0n) is 10.1. The van der Waals surface area contributed by atoms with Crippen LogP contribution in [0.5, 0.6) is 0 Å². The van der Waals surface area contributed by atoms with Gasteiger partial charge < -0.3 is 10.8 Å². The lowest BCUT2D eigenvalue weighted by Crippen LogP contribution is -2.13. The number of carbonyl (C=O) groups is 2.